The highest BCUT2D eigenvalue weighted by molar-refractivity contribution is 6.30. The maximum absolute atomic E-state index is 12.1. The molecule has 1 N–H and O–H groups in total. The van der Waals surface area contributed by atoms with Gasteiger partial charge in [0.2, 0.25) is 0 Å². The maximum Gasteiger partial charge on any atom is 0.271 e. The van der Waals surface area contributed by atoms with Crippen LogP contribution < -0.4 is 5.43 Å². The maximum atomic E-state index is 12.1. The summed E-state index contributed by atoms with van der Waals surface area (Å²) in [7, 11) is 0. The van der Waals surface area contributed by atoms with Gasteiger partial charge in [-0.05, 0) is 35.9 Å². The number of rotatable bonds is 5. The van der Waals surface area contributed by atoms with Crippen molar-refractivity contribution in [3.8, 4) is 0 Å². The van der Waals surface area contributed by atoms with E-state index in [9.17, 15) is 4.79 Å². The number of hydrogen-bond acceptors (Lipinski definition) is 3. The summed E-state index contributed by atoms with van der Waals surface area (Å²) >= 11 is 5.98. The molecule has 2 aromatic heterocycles. The molecule has 6 heteroatoms. The summed E-state index contributed by atoms with van der Waals surface area (Å²) in [4.78, 5) is 16.0. The minimum atomic E-state index is -0.274. The summed E-state index contributed by atoms with van der Waals surface area (Å²) in [6, 6.07) is 19.2. The topological polar surface area (TPSA) is 59.3 Å². The number of hydrazone groups is 1. The van der Waals surface area contributed by atoms with Crippen molar-refractivity contribution in [1.29, 1.82) is 0 Å². The molecule has 0 aliphatic heterocycles. The highest BCUT2D eigenvalue weighted by Crippen LogP contribution is 2.21. The number of aromatic nitrogens is 2. The molecule has 0 saturated heterocycles. The average Bonchev–Trinajstić information content (AvgIpc) is 3.08. The van der Waals surface area contributed by atoms with Gasteiger partial charge in [-0.2, -0.15) is 5.10 Å². The van der Waals surface area contributed by atoms with Crippen LogP contribution in [0.3, 0.4) is 0 Å². The quantitative estimate of drug-likeness (QED) is 0.404. The second-order valence-corrected chi connectivity index (χ2v) is 6.73. The first-order valence-electron chi connectivity index (χ1n) is 8.76. The van der Waals surface area contributed by atoms with Crippen molar-refractivity contribution < 1.29 is 4.79 Å². The normalized spacial score (nSPS) is 11.2. The molecule has 0 atom stereocenters. The number of halogens is 1. The van der Waals surface area contributed by atoms with E-state index < -0.39 is 0 Å². The Kier molecular flexibility index (Phi) is 5.17. The summed E-state index contributed by atoms with van der Waals surface area (Å²) in [5, 5.41) is 5.91. The third-order valence-electron chi connectivity index (χ3n) is 4.40. The molecular formula is C22H17ClN4O. The zero-order valence-electron chi connectivity index (χ0n) is 14.9. The van der Waals surface area contributed by atoms with Crippen LogP contribution in [-0.2, 0) is 6.54 Å². The summed E-state index contributed by atoms with van der Waals surface area (Å²) in [6.45, 7) is 0.717. The Labute approximate surface area is 167 Å². The Morgan fingerprint density at radius 2 is 1.82 bits per heavy atom. The molecule has 138 valence electrons. The summed E-state index contributed by atoms with van der Waals surface area (Å²) < 4.78 is 2.16. The van der Waals surface area contributed by atoms with Gasteiger partial charge in [-0.25, -0.2) is 5.43 Å². The Hall–Kier alpha value is -3.44. The lowest BCUT2D eigenvalue weighted by atomic mass is 10.2. The lowest BCUT2D eigenvalue weighted by molar-refractivity contribution is 0.0955. The van der Waals surface area contributed by atoms with E-state index in [1.54, 1.807) is 30.7 Å². The minimum Gasteiger partial charge on any atom is -0.342 e. The lowest BCUT2D eigenvalue weighted by Crippen LogP contribution is -2.17. The van der Waals surface area contributed by atoms with Gasteiger partial charge >= 0.3 is 0 Å². The van der Waals surface area contributed by atoms with Crippen LogP contribution in [0.2, 0.25) is 5.02 Å². The van der Waals surface area contributed by atoms with Crippen molar-refractivity contribution in [3.05, 3.63) is 101 Å². The first-order chi connectivity index (χ1) is 13.7. The summed E-state index contributed by atoms with van der Waals surface area (Å²) in [6.07, 6.45) is 6.84. The number of fused-ring (bicyclic) bond motifs is 1. The zero-order chi connectivity index (χ0) is 19.3. The minimum absolute atomic E-state index is 0.274. The third kappa shape index (κ3) is 3.94. The van der Waals surface area contributed by atoms with Crippen molar-refractivity contribution in [2.75, 3.05) is 0 Å². The van der Waals surface area contributed by atoms with Crippen LogP contribution in [0.25, 0.3) is 10.9 Å². The van der Waals surface area contributed by atoms with Crippen molar-refractivity contribution >= 4 is 34.6 Å². The van der Waals surface area contributed by atoms with E-state index in [0.29, 0.717) is 5.56 Å². The van der Waals surface area contributed by atoms with Crippen LogP contribution in [0, 0.1) is 0 Å². The molecule has 2 aromatic carbocycles. The van der Waals surface area contributed by atoms with Gasteiger partial charge in [0.15, 0.2) is 0 Å². The van der Waals surface area contributed by atoms with Crippen LogP contribution in [0.4, 0.5) is 0 Å². The van der Waals surface area contributed by atoms with Gasteiger partial charge < -0.3 is 4.57 Å². The molecule has 4 rings (SSSR count). The van der Waals surface area contributed by atoms with Crippen molar-refractivity contribution in [3.63, 3.8) is 0 Å². The zero-order valence-corrected chi connectivity index (χ0v) is 15.7. The molecule has 1 amide bonds. The Morgan fingerprint density at radius 3 is 2.61 bits per heavy atom. The summed E-state index contributed by atoms with van der Waals surface area (Å²) in [5.41, 5.74) is 6.25. The molecular weight excluding hydrogens is 372 g/mol. The standard InChI is InChI=1S/C22H17ClN4O/c23-19-7-5-16(6-8-19)14-27-15-18(20-3-1-2-4-21(20)27)13-25-26-22(28)17-9-11-24-12-10-17/h1-13,15H,14H2,(H,26,28)/b25-13-. The van der Waals surface area contributed by atoms with E-state index in [2.05, 4.69) is 26.1 Å². The molecule has 0 saturated carbocycles. The number of hydrogen-bond donors (Lipinski definition) is 1. The summed E-state index contributed by atoms with van der Waals surface area (Å²) in [5.74, 6) is -0.274. The molecule has 0 aliphatic carbocycles. The van der Waals surface area contributed by atoms with E-state index in [-0.39, 0.29) is 5.91 Å². The molecule has 0 unspecified atom stereocenters. The number of pyridine rings is 1. The van der Waals surface area contributed by atoms with Crippen LogP contribution in [0.1, 0.15) is 21.5 Å². The third-order valence-corrected chi connectivity index (χ3v) is 4.65. The van der Waals surface area contributed by atoms with Gasteiger partial charge in [-0.15, -0.1) is 0 Å². The average molecular weight is 389 g/mol. The van der Waals surface area contributed by atoms with Crippen LogP contribution in [0.15, 0.2) is 84.4 Å². The number of para-hydroxylation sites is 1. The molecule has 0 spiro atoms. The molecule has 0 radical (unpaired) electrons. The number of amides is 1. The largest absolute Gasteiger partial charge is 0.342 e. The van der Waals surface area contributed by atoms with E-state index in [4.69, 9.17) is 11.6 Å². The highest BCUT2D eigenvalue weighted by atomic mass is 35.5. The molecule has 0 aliphatic rings. The predicted molar refractivity (Wildman–Crippen MR) is 112 cm³/mol. The molecule has 28 heavy (non-hydrogen) atoms. The van der Waals surface area contributed by atoms with Crippen LogP contribution in [0.5, 0.6) is 0 Å². The van der Waals surface area contributed by atoms with Gasteiger partial charge in [0.05, 0.1) is 6.21 Å². The highest BCUT2D eigenvalue weighted by Gasteiger charge is 2.08. The van der Waals surface area contributed by atoms with Crippen molar-refractivity contribution in [2.45, 2.75) is 6.54 Å². The Bertz CT molecular complexity index is 1130. The number of nitrogens with zero attached hydrogens (tertiary/aromatic N) is 3. The van der Waals surface area contributed by atoms with Gasteiger partial charge in [0, 0.05) is 52.2 Å². The second-order valence-electron chi connectivity index (χ2n) is 6.29. The fourth-order valence-electron chi connectivity index (χ4n) is 3.02. The van der Waals surface area contributed by atoms with Gasteiger partial charge in [0.1, 0.15) is 0 Å². The number of carbonyl (C=O) groups excluding carboxylic acids is 1. The van der Waals surface area contributed by atoms with Gasteiger partial charge in [0.25, 0.3) is 5.91 Å². The first kappa shape index (κ1) is 17.9. The molecule has 2 heterocycles. The first-order valence-corrected chi connectivity index (χ1v) is 9.14. The predicted octanol–water partition coefficient (Wildman–Crippen LogP) is 4.50. The number of nitrogens with one attached hydrogen (secondary N) is 1. The fourth-order valence-corrected chi connectivity index (χ4v) is 3.15. The van der Waals surface area contributed by atoms with Gasteiger partial charge in [-0.3, -0.25) is 9.78 Å². The van der Waals surface area contributed by atoms with E-state index in [1.165, 1.54) is 0 Å². The van der Waals surface area contributed by atoms with Crippen molar-refractivity contribution in [1.82, 2.24) is 15.0 Å². The van der Waals surface area contributed by atoms with E-state index in [1.807, 2.05) is 48.7 Å². The smallest absolute Gasteiger partial charge is 0.271 e. The van der Waals surface area contributed by atoms with Crippen LogP contribution >= 0.6 is 11.6 Å². The number of benzene rings is 2. The number of carbonyl (C=O) groups is 1. The molecule has 0 fully saturated rings. The van der Waals surface area contributed by atoms with E-state index >= 15 is 0 Å². The Balaban J connectivity index is 1.57. The monoisotopic (exact) mass is 388 g/mol. The van der Waals surface area contributed by atoms with Gasteiger partial charge in [-0.1, -0.05) is 41.9 Å². The fraction of sp³-hybridized carbons (Fsp3) is 0.0455. The molecule has 4 aromatic rings. The molecule has 0 bridgehead atoms. The molecule has 5 nitrogen and oxygen atoms in total. The second kappa shape index (κ2) is 8.06. The lowest BCUT2D eigenvalue weighted by Gasteiger charge is -2.05. The SMILES string of the molecule is O=C(N/N=C\c1cn(Cc2ccc(Cl)cc2)c2ccccc12)c1ccncc1. The Morgan fingerprint density at radius 1 is 1.07 bits per heavy atom. The van der Waals surface area contributed by atoms with E-state index in [0.717, 1.165) is 33.6 Å². The van der Waals surface area contributed by atoms with Crippen molar-refractivity contribution in [2.24, 2.45) is 5.10 Å². The van der Waals surface area contributed by atoms with Crippen LogP contribution in [-0.4, -0.2) is 21.7 Å².